The lowest BCUT2D eigenvalue weighted by molar-refractivity contribution is 1.08. The summed E-state index contributed by atoms with van der Waals surface area (Å²) in [7, 11) is 0. The van der Waals surface area contributed by atoms with Crippen molar-refractivity contribution in [2.45, 2.75) is 26.7 Å². The summed E-state index contributed by atoms with van der Waals surface area (Å²) in [5.74, 6) is 0. The molecule has 1 nitrogen and oxygen atoms in total. The first kappa shape index (κ1) is 11.5. The van der Waals surface area contributed by atoms with Crippen LogP contribution in [0.25, 0.3) is 0 Å². The molecule has 1 aromatic rings. The maximum Gasteiger partial charge on any atom is 0.128 e. The van der Waals surface area contributed by atoms with Crippen molar-refractivity contribution < 1.29 is 0 Å². The molecule has 0 unspecified atom stereocenters. The van der Waals surface area contributed by atoms with Gasteiger partial charge in [0.05, 0.1) is 0 Å². The maximum absolute atomic E-state index is 7.52. The smallest absolute Gasteiger partial charge is 0.128 e. The van der Waals surface area contributed by atoms with E-state index in [2.05, 4.69) is 0 Å². The molecule has 0 aliphatic carbocycles. The van der Waals surface area contributed by atoms with E-state index in [0.717, 1.165) is 34.6 Å². The van der Waals surface area contributed by atoms with Crippen molar-refractivity contribution >= 4 is 28.4 Å². The third-order valence-electron chi connectivity index (χ3n) is 2.25. The van der Waals surface area contributed by atoms with Crippen molar-refractivity contribution in [2.75, 3.05) is 0 Å². The van der Waals surface area contributed by atoms with Crippen LogP contribution >= 0.6 is 23.2 Å². The molecule has 0 radical (unpaired) electrons. The normalized spacial score (nSPS) is 10.3. The average molecular weight is 230 g/mol. The van der Waals surface area contributed by atoms with Crippen LogP contribution in [0.4, 0.5) is 0 Å². The van der Waals surface area contributed by atoms with Crippen LogP contribution in [0.3, 0.4) is 0 Å². The number of rotatable bonds is 3. The molecule has 0 heterocycles. The highest BCUT2D eigenvalue weighted by atomic mass is 35.5. The molecule has 14 heavy (non-hydrogen) atoms. The summed E-state index contributed by atoms with van der Waals surface area (Å²) in [6.45, 7) is 4.07. The Morgan fingerprint density at radius 2 is 1.64 bits per heavy atom. The van der Waals surface area contributed by atoms with Gasteiger partial charge in [-0.25, -0.2) is 0 Å². The van der Waals surface area contributed by atoms with E-state index in [1.807, 2.05) is 26.0 Å². The van der Waals surface area contributed by atoms with Gasteiger partial charge >= 0.3 is 0 Å². The minimum absolute atomic E-state index is 0.107. The molecule has 0 aromatic heterocycles. The Morgan fingerprint density at radius 3 is 1.93 bits per heavy atom. The van der Waals surface area contributed by atoms with Crippen LogP contribution in [0.2, 0.25) is 5.02 Å². The molecule has 0 saturated heterocycles. The Balaban J connectivity index is 3.40. The fourth-order valence-corrected chi connectivity index (χ4v) is 2.07. The molecule has 0 bridgehead atoms. The Bertz CT molecular complexity index is 333. The van der Waals surface area contributed by atoms with Crippen molar-refractivity contribution in [1.82, 2.24) is 0 Å². The first-order valence-corrected chi connectivity index (χ1v) is 5.41. The highest BCUT2D eigenvalue weighted by Crippen LogP contribution is 2.23. The van der Waals surface area contributed by atoms with Gasteiger partial charge in [-0.15, -0.1) is 0 Å². The minimum Gasteiger partial charge on any atom is -0.289 e. The van der Waals surface area contributed by atoms with E-state index in [1.165, 1.54) is 0 Å². The van der Waals surface area contributed by atoms with E-state index < -0.39 is 0 Å². The first-order valence-electron chi connectivity index (χ1n) is 4.65. The van der Waals surface area contributed by atoms with Gasteiger partial charge in [0, 0.05) is 10.6 Å². The third kappa shape index (κ3) is 2.28. The predicted octanol–water partition coefficient (Wildman–Crippen LogP) is 4.03. The monoisotopic (exact) mass is 229 g/mol. The van der Waals surface area contributed by atoms with Crippen LogP contribution in [0.1, 0.15) is 30.5 Å². The molecule has 1 aromatic carbocycles. The van der Waals surface area contributed by atoms with Crippen molar-refractivity contribution in [3.8, 4) is 0 Å². The van der Waals surface area contributed by atoms with Gasteiger partial charge in [-0.1, -0.05) is 37.0 Å². The fourth-order valence-electron chi connectivity index (χ4n) is 1.56. The molecule has 0 saturated carbocycles. The van der Waals surface area contributed by atoms with E-state index in [1.54, 1.807) is 0 Å². The molecule has 76 valence electrons. The largest absolute Gasteiger partial charge is 0.289 e. The molecule has 1 N–H and O–H groups in total. The second-order valence-corrected chi connectivity index (χ2v) is 3.93. The molecule has 0 atom stereocenters. The van der Waals surface area contributed by atoms with Crippen LogP contribution < -0.4 is 0 Å². The number of benzene rings is 1. The van der Waals surface area contributed by atoms with E-state index in [0.29, 0.717) is 0 Å². The molecule has 0 amide bonds. The second kappa shape index (κ2) is 4.81. The van der Waals surface area contributed by atoms with Crippen LogP contribution in [0, 0.1) is 5.41 Å². The van der Waals surface area contributed by atoms with Crippen LogP contribution in [0.15, 0.2) is 12.1 Å². The van der Waals surface area contributed by atoms with E-state index in [9.17, 15) is 0 Å². The summed E-state index contributed by atoms with van der Waals surface area (Å²) in [4.78, 5) is 0. The van der Waals surface area contributed by atoms with Gasteiger partial charge in [0.1, 0.15) is 5.17 Å². The molecule has 3 heteroatoms. The fraction of sp³-hybridized carbons (Fsp3) is 0.364. The van der Waals surface area contributed by atoms with Gasteiger partial charge in [-0.2, -0.15) is 0 Å². The summed E-state index contributed by atoms with van der Waals surface area (Å²) in [6.07, 6.45) is 1.69. The highest BCUT2D eigenvalue weighted by Gasteiger charge is 2.10. The van der Waals surface area contributed by atoms with Gasteiger partial charge in [-0.05, 0) is 36.1 Å². The van der Waals surface area contributed by atoms with E-state index >= 15 is 0 Å². The van der Waals surface area contributed by atoms with Gasteiger partial charge < -0.3 is 0 Å². The minimum atomic E-state index is 0.107. The average Bonchev–Trinajstić information content (AvgIpc) is 2.15. The molecule has 0 fully saturated rings. The van der Waals surface area contributed by atoms with Gasteiger partial charge in [-0.3, -0.25) is 5.41 Å². The second-order valence-electron chi connectivity index (χ2n) is 3.12. The summed E-state index contributed by atoms with van der Waals surface area (Å²) < 4.78 is 0. The van der Waals surface area contributed by atoms with Crippen LogP contribution in [-0.4, -0.2) is 5.17 Å². The van der Waals surface area contributed by atoms with Crippen molar-refractivity contribution in [3.63, 3.8) is 0 Å². The Labute approximate surface area is 94.5 Å². The Hall–Kier alpha value is -0.530. The summed E-state index contributed by atoms with van der Waals surface area (Å²) >= 11 is 11.7. The topological polar surface area (TPSA) is 23.9 Å². The lowest BCUT2D eigenvalue weighted by atomic mass is 9.98. The van der Waals surface area contributed by atoms with Crippen LogP contribution in [0.5, 0.6) is 0 Å². The summed E-state index contributed by atoms with van der Waals surface area (Å²) in [6, 6.07) is 3.76. The first-order chi connectivity index (χ1) is 6.60. The molecular weight excluding hydrogens is 217 g/mol. The number of hydrogen-bond acceptors (Lipinski definition) is 1. The summed E-state index contributed by atoms with van der Waals surface area (Å²) in [5, 5.41) is 8.35. The molecule has 0 aliphatic heterocycles. The highest BCUT2D eigenvalue weighted by molar-refractivity contribution is 6.69. The zero-order valence-electron chi connectivity index (χ0n) is 8.32. The number of nitrogens with one attached hydrogen (secondary N) is 1. The standard InChI is InChI=1S/C11H13Cl2N/c1-3-7-5-9(12)6-8(4-2)10(7)11(13)14/h5-6,14H,3-4H2,1-2H3. The molecule has 0 spiro atoms. The van der Waals surface area contributed by atoms with Crippen molar-refractivity contribution in [3.05, 3.63) is 33.8 Å². The Morgan fingerprint density at radius 1 is 1.21 bits per heavy atom. The van der Waals surface area contributed by atoms with Crippen molar-refractivity contribution in [1.29, 1.82) is 5.41 Å². The lowest BCUT2D eigenvalue weighted by Gasteiger charge is -2.11. The predicted molar refractivity (Wildman–Crippen MR) is 62.9 cm³/mol. The Kier molecular flexibility index (Phi) is 3.97. The third-order valence-corrected chi connectivity index (χ3v) is 2.65. The molecular formula is C11H13Cl2N. The van der Waals surface area contributed by atoms with Gasteiger partial charge in [0.2, 0.25) is 0 Å². The van der Waals surface area contributed by atoms with Gasteiger partial charge in [0.25, 0.3) is 0 Å². The van der Waals surface area contributed by atoms with E-state index in [-0.39, 0.29) is 5.17 Å². The van der Waals surface area contributed by atoms with E-state index in [4.69, 9.17) is 28.6 Å². The quantitative estimate of drug-likeness (QED) is 0.758. The zero-order valence-corrected chi connectivity index (χ0v) is 9.84. The van der Waals surface area contributed by atoms with Gasteiger partial charge in [0.15, 0.2) is 0 Å². The molecule has 1 rings (SSSR count). The van der Waals surface area contributed by atoms with Crippen molar-refractivity contribution in [2.24, 2.45) is 0 Å². The SMILES string of the molecule is CCc1cc(Cl)cc(CC)c1C(=N)Cl. The summed E-state index contributed by atoms with van der Waals surface area (Å²) in [5.41, 5.74) is 2.95. The maximum atomic E-state index is 7.52. The lowest BCUT2D eigenvalue weighted by Crippen LogP contribution is -2.02. The number of hydrogen-bond donors (Lipinski definition) is 1. The number of aryl methyl sites for hydroxylation is 2. The molecule has 0 aliphatic rings. The zero-order chi connectivity index (χ0) is 10.7. The number of halogens is 2. The van der Waals surface area contributed by atoms with Crippen LogP contribution in [-0.2, 0) is 12.8 Å².